The fourth-order valence-corrected chi connectivity index (χ4v) is 1.96. The molecule has 0 atom stereocenters. The van der Waals surface area contributed by atoms with Crippen LogP contribution in [0.5, 0.6) is 5.88 Å². The van der Waals surface area contributed by atoms with Gasteiger partial charge < -0.3 is 4.74 Å². The first kappa shape index (κ1) is 15.4. The maximum atomic E-state index is 11.9. The number of nitrogens with zero attached hydrogens (tertiary/aromatic N) is 1. The summed E-state index contributed by atoms with van der Waals surface area (Å²) in [5.74, 6) is -0.306. The quantitative estimate of drug-likeness (QED) is 0.808. The van der Waals surface area contributed by atoms with E-state index in [2.05, 4.69) is 21.0 Å². The number of aromatic nitrogens is 1. The topological polar surface area (TPSA) is 68.3 Å². The molecule has 0 spiro atoms. The maximum absolute atomic E-state index is 11.9. The van der Waals surface area contributed by atoms with Gasteiger partial charge in [0.25, 0.3) is 0 Å². The van der Waals surface area contributed by atoms with Crippen molar-refractivity contribution in [1.29, 1.82) is 0 Å². The average molecular weight is 296 g/mol. The lowest BCUT2D eigenvalue weighted by molar-refractivity contribution is -0.154. The van der Waals surface area contributed by atoms with Gasteiger partial charge in [0.2, 0.25) is 15.9 Å². The van der Waals surface area contributed by atoms with Crippen LogP contribution in [-0.4, -0.2) is 32.7 Å². The van der Waals surface area contributed by atoms with E-state index >= 15 is 0 Å². The molecule has 0 saturated heterocycles. The van der Waals surface area contributed by atoms with Crippen LogP contribution in [-0.2, 0) is 10.0 Å². The fourth-order valence-electron chi connectivity index (χ4n) is 1.02. The summed E-state index contributed by atoms with van der Waals surface area (Å²) >= 11 is 0. The highest BCUT2D eigenvalue weighted by Crippen LogP contribution is 2.17. The van der Waals surface area contributed by atoms with Crippen LogP contribution in [0.2, 0.25) is 0 Å². The third kappa shape index (κ3) is 5.26. The average Bonchev–Trinajstić information content (AvgIpc) is 2.34. The largest absolute Gasteiger partial charge is 0.468 e. The lowest BCUT2D eigenvalue weighted by Crippen LogP contribution is -2.24. The summed E-state index contributed by atoms with van der Waals surface area (Å²) in [6, 6.07) is 2.15. The van der Waals surface area contributed by atoms with Crippen molar-refractivity contribution in [2.24, 2.45) is 0 Å². The molecule has 0 amide bonds. The van der Waals surface area contributed by atoms with Gasteiger partial charge >= 0.3 is 6.18 Å². The molecule has 0 aliphatic rings. The van der Waals surface area contributed by atoms with E-state index in [4.69, 9.17) is 0 Å². The number of hydrogen-bond acceptors (Lipinski definition) is 4. The molecule has 19 heavy (non-hydrogen) atoms. The zero-order valence-electron chi connectivity index (χ0n) is 9.64. The second-order valence-corrected chi connectivity index (χ2v) is 5.14. The third-order valence-electron chi connectivity index (χ3n) is 1.82. The van der Waals surface area contributed by atoms with E-state index in [1.165, 1.54) is 6.08 Å². The minimum Gasteiger partial charge on any atom is -0.468 e. The molecule has 0 radical (unpaired) electrons. The Morgan fingerprint density at radius 2 is 2.11 bits per heavy atom. The van der Waals surface area contributed by atoms with E-state index in [0.717, 1.165) is 18.3 Å². The summed E-state index contributed by atoms with van der Waals surface area (Å²) in [4.78, 5) is 3.32. The number of halogens is 3. The van der Waals surface area contributed by atoms with Gasteiger partial charge in [-0.2, -0.15) is 13.2 Å². The van der Waals surface area contributed by atoms with Gasteiger partial charge in [-0.05, 0) is 6.07 Å². The van der Waals surface area contributed by atoms with Crippen LogP contribution >= 0.6 is 0 Å². The molecule has 0 aliphatic heterocycles. The van der Waals surface area contributed by atoms with E-state index < -0.39 is 22.8 Å². The van der Waals surface area contributed by atoms with Crippen LogP contribution in [0.1, 0.15) is 0 Å². The van der Waals surface area contributed by atoms with Crippen LogP contribution < -0.4 is 9.46 Å². The second kappa shape index (κ2) is 6.02. The summed E-state index contributed by atoms with van der Waals surface area (Å²) in [5.41, 5.74) is 0. The molecule has 1 N–H and O–H groups in total. The Balaban J connectivity index is 2.73. The molecule has 0 aromatic carbocycles. The molecular weight excluding hydrogens is 285 g/mol. The summed E-state index contributed by atoms with van der Waals surface area (Å²) in [7, 11) is -3.74. The Morgan fingerprint density at radius 3 is 2.58 bits per heavy atom. The second-order valence-electron chi connectivity index (χ2n) is 3.38. The molecule has 106 valence electrons. The van der Waals surface area contributed by atoms with Crippen molar-refractivity contribution in [1.82, 2.24) is 9.71 Å². The van der Waals surface area contributed by atoms with Crippen LogP contribution in [0.15, 0.2) is 35.9 Å². The van der Waals surface area contributed by atoms with Crippen molar-refractivity contribution in [3.63, 3.8) is 0 Å². The third-order valence-corrected chi connectivity index (χ3v) is 3.23. The zero-order valence-corrected chi connectivity index (χ0v) is 10.5. The summed E-state index contributed by atoms with van der Waals surface area (Å²) in [6.07, 6.45) is -2.21. The van der Waals surface area contributed by atoms with E-state index in [0.29, 0.717) is 0 Å². The Labute approximate surface area is 108 Å². The highest BCUT2D eigenvalue weighted by Gasteiger charge is 2.28. The number of pyridine rings is 1. The van der Waals surface area contributed by atoms with Gasteiger partial charge in [0.15, 0.2) is 6.61 Å². The standard InChI is InChI=1S/C10H11F3N2O3S/c1-2-5-15-19(16,17)8-3-4-9(14-6-8)18-7-10(11,12)13/h2-4,6,15H,1,5,7H2. The molecule has 0 saturated carbocycles. The molecule has 1 aromatic heterocycles. The molecule has 9 heteroatoms. The van der Waals surface area contributed by atoms with Gasteiger partial charge in [-0.15, -0.1) is 6.58 Å². The predicted octanol–water partition coefficient (Wildman–Crippen LogP) is 1.49. The van der Waals surface area contributed by atoms with Gasteiger partial charge in [0.1, 0.15) is 4.90 Å². The SMILES string of the molecule is C=CCNS(=O)(=O)c1ccc(OCC(F)(F)F)nc1. The van der Waals surface area contributed by atoms with E-state index in [1.807, 2.05) is 0 Å². The van der Waals surface area contributed by atoms with Crippen LogP contribution in [0.4, 0.5) is 13.2 Å². The summed E-state index contributed by atoms with van der Waals surface area (Å²) in [6.45, 7) is 1.90. The molecule has 0 bridgehead atoms. The highest BCUT2D eigenvalue weighted by molar-refractivity contribution is 7.89. The van der Waals surface area contributed by atoms with E-state index in [-0.39, 0.29) is 17.3 Å². The Hall–Kier alpha value is -1.61. The van der Waals surface area contributed by atoms with Crippen LogP contribution in [0.25, 0.3) is 0 Å². The summed E-state index contributed by atoms with van der Waals surface area (Å²) in [5, 5.41) is 0. The van der Waals surface area contributed by atoms with E-state index in [9.17, 15) is 21.6 Å². The van der Waals surface area contributed by atoms with Crippen molar-refractivity contribution < 1.29 is 26.3 Å². The van der Waals surface area contributed by atoms with Gasteiger partial charge in [-0.25, -0.2) is 18.1 Å². The number of alkyl halides is 3. The smallest absolute Gasteiger partial charge is 0.422 e. The Bertz CT molecular complexity index is 526. The van der Waals surface area contributed by atoms with Gasteiger partial charge in [0, 0.05) is 12.6 Å². The van der Waals surface area contributed by atoms with Gasteiger partial charge in [-0.3, -0.25) is 0 Å². The number of nitrogens with one attached hydrogen (secondary N) is 1. The molecule has 1 rings (SSSR count). The minimum atomic E-state index is -4.47. The van der Waals surface area contributed by atoms with E-state index in [1.54, 1.807) is 0 Å². The van der Waals surface area contributed by atoms with Gasteiger partial charge in [0.05, 0.1) is 6.20 Å². The van der Waals surface area contributed by atoms with Crippen LogP contribution in [0.3, 0.4) is 0 Å². The molecule has 0 unspecified atom stereocenters. The molecule has 5 nitrogen and oxygen atoms in total. The molecule has 0 fully saturated rings. The lowest BCUT2D eigenvalue weighted by Gasteiger charge is -2.09. The van der Waals surface area contributed by atoms with Crippen molar-refractivity contribution in [2.45, 2.75) is 11.1 Å². The molecule has 1 heterocycles. The van der Waals surface area contributed by atoms with Crippen LogP contribution in [0, 0.1) is 0 Å². The maximum Gasteiger partial charge on any atom is 0.422 e. The van der Waals surface area contributed by atoms with Gasteiger partial charge in [-0.1, -0.05) is 6.08 Å². The molecular formula is C10H11F3N2O3S. The monoisotopic (exact) mass is 296 g/mol. The highest BCUT2D eigenvalue weighted by atomic mass is 32.2. The Kier molecular flexibility index (Phi) is 4.90. The molecule has 0 aliphatic carbocycles. The number of hydrogen-bond donors (Lipinski definition) is 1. The normalized spacial score (nSPS) is 12.2. The lowest BCUT2D eigenvalue weighted by atomic mass is 10.5. The van der Waals surface area contributed by atoms with Crippen molar-refractivity contribution >= 4 is 10.0 Å². The minimum absolute atomic E-state index is 0.0364. The first-order valence-corrected chi connectivity index (χ1v) is 6.49. The van der Waals surface area contributed by atoms with Crippen molar-refractivity contribution in [3.05, 3.63) is 31.0 Å². The van der Waals surface area contributed by atoms with Crippen molar-refractivity contribution in [2.75, 3.05) is 13.2 Å². The van der Waals surface area contributed by atoms with Crippen molar-refractivity contribution in [3.8, 4) is 5.88 Å². The predicted molar refractivity (Wildman–Crippen MR) is 61.2 cm³/mol. The number of sulfonamides is 1. The first-order chi connectivity index (χ1) is 8.74. The number of rotatable bonds is 6. The number of ether oxygens (including phenoxy) is 1. The zero-order chi connectivity index (χ0) is 14.5. The molecule has 1 aromatic rings. The fraction of sp³-hybridized carbons (Fsp3) is 0.300. The first-order valence-electron chi connectivity index (χ1n) is 5.01. The Morgan fingerprint density at radius 1 is 1.42 bits per heavy atom. The summed E-state index contributed by atoms with van der Waals surface area (Å²) < 4.78 is 65.4.